The van der Waals surface area contributed by atoms with E-state index in [2.05, 4.69) is 29.2 Å². The third-order valence-corrected chi connectivity index (χ3v) is 3.33. The van der Waals surface area contributed by atoms with Crippen LogP contribution in [-0.2, 0) is 11.3 Å². The Kier molecular flexibility index (Phi) is 7.16. The molecule has 4 nitrogen and oxygen atoms in total. The van der Waals surface area contributed by atoms with Gasteiger partial charge in [-0.25, -0.2) is 4.98 Å². The molecule has 1 aromatic rings. The molecule has 0 aromatic carbocycles. The van der Waals surface area contributed by atoms with Gasteiger partial charge in [0.15, 0.2) is 5.13 Å². The molecule has 98 valence electrons. The van der Waals surface area contributed by atoms with Gasteiger partial charge in [-0.05, 0) is 19.9 Å². The summed E-state index contributed by atoms with van der Waals surface area (Å²) >= 11 is 1.75. The number of aromatic nitrogens is 1. The number of methoxy groups -OCH3 is 1. The lowest BCUT2D eigenvalue weighted by Gasteiger charge is -2.14. The van der Waals surface area contributed by atoms with E-state index in [-0.39, 0.29) is 0 Å². The Bertz CT molecular complexity index is 304. The Morgan fingerprint density at radius 2 is 2.35 bits per heavy atom. The number of thiazole rings is 1. The number of nitrogens with zero attached hydrogens (tertiary/aromatic N) is 2. The van der Waals surface area contributed by atoms with Gasteiger partial charge >= 0.3 is 0 Å². The third-order valence-electron chi connectivity index (χ3n) is 2.39. The number of nitrogens with one attached hydrogen (secondary N) is 1. The molecule has 1 N–H and O–H groups in total. The Hall–Kier alpha value is -0.650. The number of anilines is 1. The molecule has 0 saturated carbocycles. The molecular formula is C12H23N3OS. The van der Waals surface area contributed by atoms with Crippen molar-refractivity contribution in [2.24, 2.45) is 0 Å². The van der Waals surface area contributed by atoms with E-state index in [1.807, 2.05) is 6.20 Å². The molecule has 17 heavy (non-hydrogen) atoms. The van der Waals surface area contributed by atoms with E-state index in [1.54, 1.807) is 18.4 Å². The zero-order valence-electron chi connectivity index (χ0n) is 11.0. The second-order valence-corrected chi connectivity index (χ2v) is 5.26. The van der Waals surface area contributed by atoms with Crippen LogP contribution in [0.2, 0.25) is 0 Å². The van der Waals surface area contributed by atoms with Crippen molar-refractivity contribution in [3.05, 3.63) is 11.1 Å². The minimum atomic E-state index is 0.830. The molecule has 0 unspecified atom stereocenters. The minimum absolute atomic E-state index is 0.830. The van der Waals surface area contributed by atoms with Crippen LogP contribution in [-0.4, -0.2) is 43.7 Å². The number of hydrogen-bond donors (Lipinski definition) is 1. The van der Waals surface area contributed by atoms with Gasteiger partial charge in [0.25, 0.3) is 0 Å². The second kappa shape index (κ2) is 8.44. The lowest BCUT2D eigenvalue weighted by Crippen LogP contribution is -2.19. The van der Waals surface area contributed by atoms with E-state index in [9.17, 15) is 0 Å². The molecule has 1 aromatic heterocycles. The van der Waals surface area contributed by atoms with Crippen molar-refractivity contribution in [3.63, 3.8) is 0 Å². The average Bonchev–Trinajstić information content (AvgIpc) is 2.74. The standard InChI is InChI=1S/C12H23N3OS/c1-4-6-13-12-14-9-11(17-12)10-15(2)7-5-8-16-3/h9H,4-8,10H2,1-3H3,(H,13,14). The topological polar surface area (TPSA) is 37.4 Å². The number of hydrogen-bond acceptors (Lipinski definition) is 5. The summed E-state index contributed by atoms with van der Waals surface area (Å²) in [6, 6.07) is 0. The van der Waals surface area contributed by atoms with Crippen LogP contribution in [0.25, 0.3) is 0 Å². The summed E-state index contributed by atoms with van der Waals surface area (Å²) < 4.78 is 5.04. The summed E-state index contributed by atoms with van der Waals surface area (Å²) in [4.78, 5) is 7.97. The summed E-state index contributed by atoms with van der Waals surface area (Å²) in [6.45, 7) is 6.01. The van der Waals surface area contributed by atoms with Crippen LogP contribution in [0.4, 0.5) is 5.13 Å². The van der Waals surface area contributed by atoms with Gasteiger partial charge < -0.3 is 15.0 Å². The maximum Gasteiger partial charge on any atom is 0.182 e. The Morgan fingerprint density at radius 1 is 1.53 bits per heavy atom. The summed E-state index contributed by atoms with van der Waals surface area (Å²) in [6.07, 6.45) is 4.17. The molecule has 0 aliphatic carbocycles. The van der Waals surface area contributed by atoms with Crippen molar-refractivity contribution in [1.29, 1.82) is 0 Å². The van der Waals surface area contributed by atoms with Crippen molar-refractivity contribution < 1.29 is 4.74 Å². The van der Waals surface area contributed by atoms with Crippen LogP contribution in [0.15, 0.2) is 6.20 Å². The van der Waals surface area contributed by atoms with Crippen LogP contribution in [0, 0.1) is 0 Å². The van der Waals surface area contributed by atoms with Crippen LogP contribution in [0.5, 0.6) is 0 Å². The first-order chi connectivity index (χ1) is 8.26. The van der Waals surface area contributed by atoms with Crippen LogP contribution < -0.4 is 5.32 Å². The summed E-state index contributed by atoms with van der Waals surface area (Å²) in [5.41, 5.74) is 0. The summed E-state index contributed by atoms with van der Waals surface area (Å²) in [5.74, 6) is 0. The molecule has 0 bridgehead atoms. The zero-order valence-corrected chi connectivity index (χ0v) is 11.8. The Balaban J connectivity index is 2.27. The van der Waals surface area contributed by atoms with Crippen molar-refractivity contribution in [2.45, 2.75) is 26.3 Å². The van der Waals surface area contributed by atoms with Crippen molar-refractivity contribution in [3.8, 4) is 0 Å². The fourth-order valence-corrected chi connectivity index (χ4v) is 2.44. The molecule has 0 aliphatic rings. The van der Waals surface area contributed by atoms with Gasteiger partial charge in [0, 0.05) is 44.4 Å². The van der Waals surface area contributed by atoms with Gasteiger partial charge in [0.05, 0.1) is 0 Å². The molecule has 0 aliphatic heterocycles. The number of ether oxygens (including phenoxy) is 1. The van der Waals surface area contributed by atoms with Gasteiger partial charge in [-0.1, -0.05) is 6.92 Å². The van der Waals surface area contributed by atoms with Crippen molar-refractivity contribution in [2.75, 3.05) is 39.2 Å². The van der Waals surface area contributed by atoms with Crippen LogP contribution in [0.1, 0.15) is 24.6 Å². The highest BCUT2D eigenvalue weighted by atomic mass is 32.1. The molecule has 0 atom stereocenters. The maximum absolute atomic E-state index is 5.04. The van der Waals surface area contributed by atoms with E-state index in [4.69, 9.17) is 4.74 Å². The fourth-order valence-electron chi connectivity index (χ4n) is 1.52. The molecule has 5 heteroatoms. The summed E-state index contributed by atoms with van der Waals surface area (Å²) in [7, 11) is 3.88. The van der Waals surface area contributed by atoms with E-state index < -0.39 is 0 Å². The van der Waals surface area contributed by atoms with E-state index >= 15 is 0 Å². The van der Waals surface area contributed by atoms with Crippen molar-refractivity contribution in [1.82, 2.24) is 9.88 Å². The average molecular weight is 257 g/mol. The molecule has 1 heterocycles. The fraction of sp³-hybridized carbons (Fsp3) is 0.750. The first kappa shape index (κ1) is 14.4. The lowest BCUT2D eigenvalue weighted by atomic mass is 10.4. The normalized spacial score (nSPS) is 11.1. The van der Waals surface area contributed by atoms with Crippen molar-refractivity contribution >= 4 is 16.5 Å². The maximum atomic E-state index is 5.04. The van der Waals surface area contributed by atoms with Gasteiger partial charge in [-0.15, -0.1) is 11.3 Å². The predicted molar refractivity (Wildman–Crippen MR) is 73.7 cm³/mol. The van der Waals surface area contributed by atoms with Gasteiger partial charge in [0.2, 0.25) is 0 Å². The second-order valence-electron chi connectivity index (χ2n) is 4.14. The first-order valence-electron chi connectivity index (χ1n) is 6.12. The smallest absolute Gasteiger partial charge is 0.182 e. The highest BCUT2D eigenvalue weighted by molar-refractivity contribution is 7.15. The van der Waals surface area contributed by atoms with Gasteiger partial charge in [-0.3, -0.25) is 0 Å². The molecule has 0 spiro atoms. The zero-order chi connectivity index (χ0) is 12.5. The molecule has 0 amide bonds. The van der Waals surface area contributed by atoms with E-state index in [1.165, 1.54) is 4.88 Å². The van der Waals surface area contributed by atoms with Crippen LogP contribution in [0.3, 0.4) is 0 Å². The molecule has 0 fully saturated rings. The Labute approximate surface area is 108 Å². The van der Waals surface area contributed by atoms with E-state index in [0.29, 0.717) is 0 Å². The number of rotatable bonds is 9. The molecule has 0 radical (unpaired) electrons. The summed E-state index contributed by atoms with van der Waals surface area (Å²) in [5, 5.41) is 4.34. The monoisotopic (exact) mass is 257 g/mol. The third kappa shape index (κ3) is 6.00. The molecule has 1 rings (SSSR count). The Morgan fingerprint density at radius 3 is 3.06 bits per heavy atom. The SMILES string of the molecule is CCCNc1ncc(CN(C)CCCOC)s1. The largest absolute Gasteiger partial charge is 0.385 e. The first-order valence-corrected chi connectivity index (χ1v) is 6.94. The lowest BCUT2D eigenvalue weighted by molar-refractivity contribution is 0.178. The minimum Gasteiger partial charge on any atom is -0.385 e. The highest BCUT2D eigenvalue weighted by Crippen LogP contribution is 2.19. The predicted octanol–water partition coefficient (Wildman–Crippen LogP) is 2.43. The quantitative estimate of drug-likeness (QED) is 0.690. The highest BCUT2D eigenvalue weighted by Gasteiger charge is 2.04. The van der Waals surface area contributed by atoms with Crippen LogP contribution >= 0.6 is 11.3 Å². The molecule has 0 saturated heterocycles. The van der Waals surface area contributed by atoms with Gasteiger partial charge in [-0.2, -0.15) is 0 Å². The van der Waals surface area contributed by atoms with Gasteiger partial charge in [0.1, 0.15) is 0 Å². The van der Waals surface area contributed by atoms with E-state index in [0.717, 1.165) is 44.2 Å². The molecular weight excluding hydrogens is 234 g/mol.